The zero-order valence-electron chi connectivity index (χ0n) is 13.9. The highest BCUT2D eigenvalue weighted by atomic mass is 32.2. The standard InChI is InChI=1S/C18H20N2O3S/c1-12-6-4-5-7-17(12)19-24(22,23)16-8-9-18-15(11-16)10-13(2)20(18)14(3)21/h4-9,11,13,19H,10H2,1-3H3. The minimum Gasteiger partial charge on any atom is -0.309 e. The molecule has 0 spiro atoms. The largest absolute Gasteiger partial charge is 0.309 e. The molecule has 0 aliphatic carbocycles. The molecule has 0 radical (unpaired) electrons. The van der Waals surface area contributed by atoms with Crippen LogP contribution in [0.5, 0.6) is 0 Å². The molecule has 1 aliphatic heterocycles. The van der Waals surface area contributed by atoms with Gasteiger partial charge in [0, 0.05) is 18.7 Å². The zero-order valence-corrected chi connectivity index (χ0v) is 14.7. The Morgan fingerprint density at radius 1 is 1.21 bits per heavy atom. The molecule has 1 amide bonds. The fourth-order valence-corrected chi connectivity index (χ4v) is 4.33. The third-order valence-corrected chi connectivity index (χ3v) is 5.67. The highest BCUT2D eigenvalue weighted by molar-refractivity contribution is 7.92. The quantitative estimate of drug-likeness (QED) is 0.930. The molecule has 3 rings (SSSR count). The van der Waals surface area contributed by atoms with Crippen molar-refractivity contribution in [1.29, 1.82) is 0 Å². The molecule has 0 saturated heterocycles. The normalized spacial score (nSPS) is 16.8. The number of aryl methyl sites for hydroxylation is 1. The molecule has 1 unspecified atom stereocenters. The van der Waals surface area contributed by atoms with E-state index >= 15 is 0 Å². The third-order valence-electron chi connectivity index (χ3n) is 4.31. The smallest absolute Gasteiger partial charge is 0.261 e. The van der Waals surface area contributed by atoms with E-state index in [4.69, 9.17) is 0 Å². The Morgan fingerprint density at radius 3 is 2.58 bits per heavy atom. The molecule has 1 atom stereocenters. The van der Waals surface area contributed by atoms with Crippen LogP contribution in [0.4, 0.5) is 11.4 Å². The van der Waals surface area contributed by atoms with Gasteiger partial charge in [-0.3, -0.25) is 9.52 Å². The molecule has 1 aliphatic rings. The van der Waals surface area contributed by atoms with Gasteiger partial charge in [0.25, 0.3) is 10.0 Å². The van der Waals surface area contributed by atoms with Crippen LogP contribution >= 0.6 is 0 Å². The molecule has 1 heterocycles. The molecule has 5 nitrogen and oxygen atoms in total. The lowest BCUT2D eigenvalue weighted by atomic mass is 10.1. The lowest BCUT2D eigenvalue weighted by Crippen LogP contribution is -2.33. The maximum absolute atomic E-state index is 12.7. The van der Waals surface area contributed by atoms with Crippen LogP contribution < -0.4 is 9.62 Å². The number of hydrogen-bond donors (Lipinski definition) is 1. The molecule has 2 aromatic rings. The van der Waals surface area contributed by atoms with Crippen LogP contribution in [0, 0.1) is 6.92 Å². The molecule has 0 bridgehead atoms. The Kier molecular flexibility index (Phi) is 4.09. The summed E-state index contributed by atoms with van der Waals surface area (Å²) in [5.74, 6) is -0.0325. The van der Waals surface area contributed by atoms with Crippen molar-refractivity contribution >= 4 is 27.3 Å². The van der Waals surface area contributed by atoms with Crippen LogP contribution in [0.25, 0.3) is 0 Å². The van der Waals surface area contributed by atoms with Gasteiger partial charge >= 0.3 is 0 Å². The highest BCUT2D eigenvalue weighted by Gasteiger charge is 2.30. The summed E-state index contributed by atoms with van der Waals surface area (Å²) in [6, 6.07) is 12.2. The second-order valence-electron chi connectivity index (χ2n) is 6.15. The van der Waals surface area contributed by atoms with E-state index in [1.807, 2.05) is 26.0 Å². The number of benzene rings is 2. The fraction of sp³-hybridized carbons (Fsp3) is 0.278. The van der Waals surface area contributed by atoms with Gasteiger partial charge in [-0.15, -0.1) is 0 Å². The van der Waals surface area contributed by atoms with E-state index in [0.29, 0.717) is 12.1 Å². The third kappa shape index (κ3) is 2.89. The van der Waals surface area contributed by atoms with E-state index in [1.165, 1.54) is 6.92 Å². The number of nitrogens with one attached hydrogen (secondary N) is 1. The van der Waals surface area contributed by atoms with Gasteiger partial charge in [-0.25, -0.2) is 8.42 Å². The van der Waals surface area contributed by atoms with Crippen molar-refractivity contribution in [2.45, 2.75) is 38.1 Å². The van der Waals surface area contributed by atoms with Gasteiger partial charge in [0.15, 0.2) is 0 Å². The van der Waals surface area contributed by atoms with Crippen LogP contribution in [0.1, 0.15) is 25.0 Å². The monoisotopic (exact) mass is 344 g/mol. The Hall–Kier alpha value is -2.34. The number of nitrogens with zero attached hydrogens (tertiary/aromatic N) is 1. The number of hydrogen-bond acceptors (Lipinski definition) is 3. The Morgan fingerprint density at radius 2 is 1.92 bits per heavy atom. The number of rotatable bonds is 3. The van der Waals surface area contributed by atoms with E-state index in [-0.39, 0.29) is 16.8 Å². The van der Waals surface area contributed by atoms with Crippen molar-refractivity contribution in [1.82, 2.24) is 0 Å². The molecule has 0 aromatic heterocycles. The summed E-state index contributed by atoms with van der Waals surface area (Å²) < 4.78 is 27.9. The lowest BCUT2D eigenvalue weighted by molar-refractivity contribution is -0.116. The van der Waals surface area contributed by atoms with Crippen LogP contribution in [-0.4, -0.2) is 20.4 Å². The van der Waals surface area contributed by atoms with Gasteiger partial charge < -0.3 is 4.90 Å². The number of amides is 1. The maximum atomic E-state index is 12.7. The number of anilines is 2. The molecule has 2 aromatic carbocycles. The first-order valence-electron chi connectivity index (χ1n) is 7.81. The SMILES string of the molecule is CC(=O)N1c2ccc(S(=O)(=O)Nc3ccccc3C)cc2CC1C. The van der Waals surface area contributed by atoms with E-state index in [0.717, 1.165) is 16.8 Å². The summed E-state index contributed by atoms with van der Waals surface area (Å²) in [5, 5.41) is 0. The van der Waals surface area contributed by atoms with E-state index < -0.39 is 10.0 Å². The van der Waals surface area contributed by atoms with E-state index in [9.17, 15) is 13.2 Å². The minimum atomic E-state index is -3.67. The lowest BCUT2D eigenvalue weighted by Gasteiger charge is -2.20. The Balaban J connectivity index is 1.95. The molecule has 0 saturated carbocycles. The first-order chi connectivity index (χ1) is 11.3. The summed E-state index contributed by atoms with van der Waals surface area (Å²) in [4.78, 5) is 13.7. The fourth-order valence-electron chi connectivity index (χ4n) is 3.15. The summed E-state index contributed by atoms with van der Waals surface area (Å²) in [6.45, 7) is 5.34. The van der Waals surface area contributed by atoms with Crippen molar-refractivity contribution in [2.75, 3.05) is 9.62 Å². The molecule has 6 heteroatoms. The first kappa shape index (κ1) is 16.5. The van der Waals surface area contributed by atoms with Crippen molar-refractivity contribution in [2.24, 2.45) is 0 Å². The number of fused-ring (bicyclic) bond motifs is 1. The topological polar surface area (TPSA) is 66.5 Å². The van der Waals surface area contributed by atoms with Crippen molar-refractivity contribution < 1.29 is 13.2 Å². The number of carbonyl (C=O) groups excluding carboxylic acids is 1. The second kappa shape index (κ2) is 5.94. The molecule has 24 heavy (non-hydrogen) atoms. The number of sulfonamides is 1. The van der Waals surface area contributed by atoms with Crippen LogP contribution in [0.15, 0.2) is 47.4 Å². The Bertz CT molecular complexity index is 906. The van der Waals surface area contributed by atoms with E-state index in [1.54, 1.807) is 35.2 Å². The predicted octanol–water partition coefficient (Wildman–Crippen LogP) is 3.09. The van der Waals surface area contributed by atoms with Crippen molar-refractivity contribution in [3.05, 3.63) is 53.6 Å². The second-order valence-corrected chi connectivity index (χ2v) is 7.84. The van der Waals surface area contributed by atoms with Crippen LogP contribution in [-0.2, 0) is 21.2 Å². The first-order valence-corrected chi connectivity index (χ1v) is 9.29. The summed E-state index contributed by atoms with van der Waals surface area (Å²) >= 11 is 0. The summed E-state index contributed by atoms with van der Waals surface area (Å²) in [5.41, 5.74) is 3.10. The molecule has 1 N–H and O–H groups in total. The predicted molar refractivity (Wildman–Crippen MR) is 94.8 cm³/mol. The molecule has 126 valence electrons. The highest BCUT2D eigenvalue weighted by Crippen LogP contribution is 2.34. The van der Waals surface area contributed by atoms with Crippen molar-refractivity contribution in [3.8, 4) is 0 Å². The Labute approximate surface area is 142 Å². The molecular formula is C18H20N2O3S. The van der Waals surface area contributed by atoms with Gasteiger partial charge in [0.2, 0.25) is 5.91 Å². The van der Waals surface area contributed by atoms with E-state index in [2.05, 4.69) is 4.72 Å². The van der Waals surface area contributed by atoms with Gasteiger partial charge in [-0.05, 0) is 55.7 Å². The van der Waals surface area contributed by atoms with Crippen molar-refractivity contribution in [3.63, 3.8) is 0 Å². The van der Waals surface area contributed by atoms with Gasteiger partial charge in [-0.1, -0.05) is 18.2 Å². The van der Waals surface area contributed by atoms with Gasteiger partial charge in [0.1, 0.15) is 0 Å². The average Bonchev–Trinajstić information content (AvgIpc) is 2.84. The minimum absolute atomic E-state index is 0.0325. The van der Waals surface area contributed by atoms with Gasteiger partial charge in [0.05, 0.1) is 10.6 Å². The average molecular weight is 344 g/mol. The molecular weight excluding hydrogens is 324 g/mol. The van der Waals surface area contributed by atoms with Gasteiger partial charge in [-0.2, -0.15) is 0 Å². The summed E-state index contributed by atoms with van der Waals surface area (Å²) in [7, 11) is -3.67. The number of para-hydroxylation sites is 1. The maximum Gasteiger partial charge on any atom is 0.261 e. The van der Waals surface area contributed by atoms with Crippen LogP contribution in [0.2, 0.25) is 0 Å². The summed E-state index contributed by atoms with van der Waals surface area (Å²) in [6.07, 6.45) is 0.655. The number of carbonyl (C=O) groups is 1. The van der Waals surface area contributed by atoms with Crippen LogP contribution in [0.3, 0.4) is 0 Å². The molecule has 0 fully saturated rings. The zero-order chi connectivity index (χ0) is 17.5.